The molecule has 0 saturated heterocycles. The van der Waals surface area contributed by atoms with Crippen molar-refractivity contribution in [1.82, 2.24) is 9.97 Å². The highest BCUT2D eigenvalue weighted by atomic mass is 16.5. The number of rotatable bonds is 4. The van der Waals surface area contributed by atoms with E-state index in [0.29, 0.717) is 29.3 Å². The molecule has 2 rings (SSSR count). The maximum Gasteiger partial charge on any atom is 0.254 e. The molecule has 1 aromatic heterocycles. The van der Waals surface area contributed by atoms with E-state index in [0.717, 1.165) is 11.3 Å². The van der Waals surface area contributed by atoms with Gasteiger partial charge in [-0.15, -0.1) is 0 Å². The van der Waals surface area contributed by atoms with Crippen molar-refractivity contribution in [1.29, 1.82) is 0 Å². The first-order chi connectivity index (χ1) is 9.60. The van der Waals surface area contributed by atoms with Gasteiger partial charge in [0.2, 0.25) is 0 Å². The van der Waals surface area contributed by atoms with Crippen LogP contribution in [0.25, 0.3) is 11.4 Å². The van der Waals surface area contributed by atoms with E-state index in [4.69, 9.17) is 9.47 Å². The summed E-state index contributed by atoms with van der Waals surface area (Å²) < 4.78 is 10.5. The summed E-state index contributed by atoms with van der Waals surface area (Å²) >= 11 is 0. The summed E-state index contributed by atoms with van der Waals surface area (Å²) in [6, 6.07) is 5.42. The zero-order valence-electron chi connectivity index (χ0n) is 12.1. The molecule has 0 aliphatic rings. The van der Waals surface area contributed by atoms with E-state index < -0.39 is 0 Å². The van der Waals surface area contributed by atoms with Crippen LogP contribution in [-0.2, 0) is 6.42 Å². The number of H-pyrrole nitrogens is 1. The second kappa shape index (κ2) is 5.77. The average molecular weight is 274 g/mol. The van der Waals surface area contributed by atoms with Crippen LogP contribution in [0, 0.1) is 6.92 Å². The Hall–Kier alpha value is -2.30. The molecule has 20 heavy (non-hydrogen) atoms. The molecule has 2 aromatic rings. The minimum atomic E-state index is -0.0928. The van der Waals surface area contributed by atoms with Gasteiger partial charge in [-0.25, -0.2) is 4.98 Å². The summed E-state index contributed by atoms with van der Waals surface area (Å²) in [5.41, 5.74) is 2.16. The van der Waals surface area contributed by atoms with Crippen molar-refractivity contribution in [3.05, 3.63) is 39.8 Å². The monoisotopic (exact) mass is 274 g/mol. The van der Waals surface area contributed by atoms with Crippen molar-refractivity contribution < 1.29 is 9.47 Å². The van der Waals surface area contributed by atoms with Crippen LogP contribution in [0.4, 0.5) is 0 Å². The molecule has 0 amide bonds. The molecule has 1 heterocycles. The summed E-state index contributed by atoms with van der Waals surface area (Å²) in [7, 11) is 3.15. The van der Waals surface area contributed by atoms with E-state index in [2.05, 4.69) is 9.97 Å². The Morgan fingerprint density at radius 1 is 1.20 bits per heavy atom. The minimum Gasteiger partial charge on any atom is -0.493 e. The van der Waals surface area contributed by atoms with Crippen LogP contribution in [0.2, 0.25) is 0 Å². The molecule has 1 aromatic carbocycles. The van der Waals surface area contributed by atoms with Gasteiger partial charge in [-0.05, 0) is 31.5 Å². The number of nitrogens with one attached hydrogen (secondary N) is 1. The first-order valence-corrected chi connectivity index (χ1v) is 6.42. The van der Waals surface area contributed by atoms with Gasteiger partial charge in [-0.3, -0.25) is 4.79 Å². The third kappa shape index (κ3) is 2.52. The Bertz CT molecular complexity index is 677. The third-order valence-electron chi connectivity index (χ3n) is 3.23. The quantitative estimate of drug-likeness (QED) is 0.929. The Morgan fingerprint density at radius 3 is 2.45 bits per heavy atom. The normalized spacial score (nSPS) is 10.4. The van der Waals surface area contributed by atoms with Crippen LogP contribution in [-0.4, -0.2) is 24.2 Å². The molecule has 0 unspecified atom stereocenters. The number of aromatic nitrogens is 2. The number of hydrogen-bond acceptors (Lipinski definition) is 4. The van der Waals surface area contributed by atoms with Crippen molar-refractivity contribution in [2.24, 2.45) is 0 Å². The van der Waals surface area contributed by atoms with Gasteiger partial charge in [0.25, 0.3) is 5.56 Å². The van der Waals surface area contributed by atoms with Gasteiger partial charge >= 0.3 is 0 Å². The maximum atomic E-state index is 12.0. The number of nitrogens with zero attached hydrogens (tertiary/aromatic N) is 1. The highest BCUT2D eigenvalue weighted by molar-refractivity contribution is 5.61. The average Bonchev–Trinajstić information content (AvgIpc) is 2.46. The van der Waals surface area contributed by atoms with Crippen LogP contribution in [0.3, 0.4) is 0 Å². The summed E-state index contributed by atoms with van der Waals surface area (Å²) in [5, 5.41) is 0. The first kappa shape index (κ1) is 14.1. The van der Waals surface area contributed by atoms with E-state index in [1.54, 1.807) is 26.4 Å². The molecule has 0 fully saturated rings. The fraction of sp³-hybridized carbons (Fsp3) is 0.333. The number of aromatic amines is 1. The van der Waals surface area contributed by atoms with Gasteiger partial charge < -0.3 is 14.5 Å². The number of methoxy groups -OCH3 is 2. The van der Waals surface area contributed by atoms with Crippen LogP contribution in [0.15, 0.2) is 23.0 Å². The number of aryl methyl sites for hydroxylation is 1. The highest BCUT2D eigenvalue weighted by Gasteiger charge is 2.10. The predicted molar refractivity (Wildman–Crippen MR) is 77.5 cm³/mol. The second-order valence-electron chi connectivity index (χ2n) is 4.40. The lowest BCUT2D eigenvalue weighted by atomic mass is 10.1. The molecule has 5 heteroatoms. The largest absolute Gasteiger partial charge is 0.493 e. The lowest BCUT2D eigenvalue weighted by Gasteiger charge is -2.10. The fourth-order valence-electron chi connectivity index (χ4n) is 2.15. The summed E-state index contributed by atoms with van der Waals surface area (Å²) in [6.07, 6.45) is 0.667. The molecule has 0 aliphatic carbocycles. The van der Waals surface area contributed by atoms with Gasteiger partial charge in [-0.1, -0.05) is 6.92 Å². The molecule has 0 radical (unpaired) electrons. The molecule has 0 spiro atoms. The SMILES string of the molecule is CCc1c(C)nc(-c2ccc(OC)c(OC)c2)[nH]c1=O. The van der Waals surface area contributed by atoms with Crippen LogP contribution in [0.5, 0.6) is 11.5 Å². The van der Waals surface area contributed by atoms with Gasteiger partial charge in [-0.2, -0.15) is 0 Å². The molecule has 5 nitrogen and oxygen atoms in total. The summed E-state index contributed by atoms with van der Waals surface area (Å²) in [6.45, 7) is 3.79. The van der Waals surface area contributed by atoms with Crippen molar-refractivity contribution >= 4 is 0 Å². The highest BCUT2D eigenvalue weighted by Crippen LogP contribution is 2.30. The van der Waals surface area contributed by atoms with Crippen LogP contribution < -0.4 is 15.0 Å². The minimum absolute atomic E-state index is 0.0928. The molecular formula is C15H18N2O3. The zero-order valence-corrected chi connectivity index (χ0v) is 12.1. The standard InChI is InChI=1S/C15H18N2O3/c1-5-11-9(2)16-14(17-15(11)18)10-6-7-12(19-3)13(8-10)20-4/h6-8H,5H2,1-4H3,(H,16,17,18). The summed E-state index contributed by atoms with van der Waals surface area (Å²) in [5.74, 6) is 1.77. The molecule has 0 aliphatic heterocycles. The Kier molecular flexibility index (Phi) is 4.08. The Labute approximate surface area is 117 Å². The lowest BCUT2D eigenvalue weighted by molar-refractivity contribution is 0.355. The molecule has 1 N–H and O–H groups in total. The van der Waals surface area contributed by atoms with Crippen molar-refractivity contribution in [3.8, 4) is 22.9 Å². The maximum absolute atomic E-state index is 12.0. The molecule has 0 saturated carbocycles. The number of ether oxygens (including phenoxy) is 2. The Balaban J connectivity index is 2.54. The smallest absolute Gasteiger partial charge is 0.254 e. The van der Waals surface area contributed by atoms with Gasteiger partial charge in [0.15, 0.2) is 11.5 Å². The lowest BCUT2D eigenvalue weighted by Crippen LogP contribution is -2.16. The van der Waals surface area contributed by atoms with Crippen molar-refractivity contribution in [2.75, 3.05) is 14.2 Å². The number of benzene rings is 1. The van der Waals surface area contributed by atoms with E-state index in [9.17, 15) is 4.79 Å². The molecule has 106 valence electrons. The van der Waals surface area contributed by atoms with Crippen LogP contribution in [0.1, 0.15) is 18.2 Å². The molecule has 0 atom stereocenters. The van der Waals surface area contributed by atoms with Crippen molar-refractivity contribution in [2.45, 2.75) is 20.3 Å². The predicted octanol–water partition coefficient (Wildman–Crippen LogP) is 2.32. The molecule has 0 bridgehead atoms. The molecular weight excluding hydrogens is 256 g/mol. The van der Waals surface area contributed by atoms with E-state index in [-0.39, 0.29) is 5.56 Å². The van der Waals surface area contributed by atoms with E-state index >= 15 is 0 Å². The van der Waals surface area contributed by atoms with E-state index in [1.807, 2.05) is 19.9 Å². The van der Waals surface area contributed by atoms with Crippen molar-refractivity contribution in [3.63, 3.8) is 0 Å². The topological polar surface area (TPSA) is 64.2 Å². The third-order valence-corrected chi connectivity index (χ3v) is 3.23. The van der Waals surface area contributed by atoms with Gasteiger partial charge in [0, 0.05) is 16.8 Å². The van der Waals surface area contributed by atoms with E-state index in [1.165, 1.54) is 0 Å². The number of hydrogen-bond donors (Lipinski definition) is 1. The fourth-order valence-corrected chi connectivity index (χ4v) is 2.15. The Morgan fingerprint density at radius 2 is 1.90 bits per heavy atom. The van der Waals surface area contributed by atoms with Crippen LogP contribution >= 0.6 is 0 Å². The van der Waals surface area contributed by atoms with Gasteiger partial charge in [0.05, 0.1) is 14.2 Å². The zero-order chi connectivity index (χ0) is 14.7. The van der Waals surface area contributed by atoms with Gasteiger partial charge in [0.1, 0.15) is 5.82 Å². The second-order valence-corrected chi connectivity index (χ2v) is 4.40. The summed E-state index contributed by atoms with van der Waals surface area (Å²) in [4.78, 5) is 19.3. The first-order valence-electron chi connectivity index (χ1n) is 6.42.